The summed E-state index contributed by atoms with van der Waals surface area (Å²) in [6.45, 7) is 4.72. The Labute approximate surface area is 309 Å². The van der Waals surface area contributed by atoms with Crippen molar-refractivity contribution in [2.24, 2.45) is 0 Å². The monoisotopic (exact) mass is 677 g/mol. The number of nitrogens with zero attached hydrogens (tertiary/aromatic N) is 3. The molecule has 3 nitrogen and oxygen atoms in total. The number of rotatable bonds is 5. The van der Waals surface area contributed by atoms with Crippen molar-refractivity contribution >= 4 is 21.7 Å². The van der Waals surface area contributed by atoms with Crippen LogP contribution in [0.5, 0.6) is 0 Å². The van der Waals surface area contributed by atoms with Gasteiger partial charge >= 0.3 is 0 Å². The van der Waals surface area contributed by atoms with Crippen molar-refractivity contribution in [3.05, 3.63) is 187 Å². The van der Waals surface area contributed by atoms with E-state index in [-0.39, 0.29) is 5.41 Å². The molecule has 0 radical (unpaired) electrons. The van der Waals surface area contributed by atoms with Gasteiger partial charge < -0.3 is 0 Å². The topological polar surface area (TPSA) is 38.7 Å². The molecule has 3 heteroatoms. The van der Waals surface area contributed by atoms with Crippen LogP contribution < -0.4 is 0 Å². The number of fused-ring (bicyclic) bond motifs is 7. The standard InChI is InChI=1S/C50H35N3/c1-50(2)42-22-11-9-20-38(42)39-28-29-41-46(47(39)50)40-21-10-12-23-43(40)51-48(41)37-19-13-18-36(30-37)45-31-44(52-49(53-45)35-16-7-4-8-17-35)34-26-24-33(25-27-34)32-14-5-3-6-15-32/h3-31H,1-2H3. The zero-order valence-corrected chi connectivity index (χ0v) is 29.6. The van der Waals surface area contributed by atoms with E-state index >= 15 is 0 Å². The first-order valence-corrected chi connectivity index (χ1v) is 18.2. The van der Waals surface area contributed by atoms with E-state index < -0.39 is 0 Å². The van der Waals surface area contributed by atoms with Gasteiger partial charge in [-0.3, -0.25) is 0 Å². The molecule has 1 aliphatic carbocycles. The SMILES string of the molecule is CC1(C)c2ccccc2-c2ccc3c(-c4cccc(-c5cc(-c6ccc(-c7ccccc7)cc6)nc(-c6ccccc6)n5)c4)nc4ccccc4c3c21. The minimum absolute atomic E-state index is 0.154. The number of aromatic nitrogens is 3. The van der Waals surface area contributed by atoms with E-state index in [1.807, 2.05) is 24.3 Å². The molecule has 10 rings (SSSR count). The van der Waals surface area contributed by atoms with Crippen LogP contribution in [0.1, 0.15) is 25.0 Å². The van der Waals surface area contributed by atoms with Gasteiger partial charge in [0.25, 0.3) is 0 Å². The van der Waals surface area contributed by atoms with Crippen LogP contribution in [0.25, 0.3) is 89.1 Å². The van der Waals surface area contributed by atoms with Gasteiger partial charge in [0.05, 0.1) is 22.6 Å². The molecule has 1 aliphatic rings. The van der Waals surface area contributed by atoms with Crippen LogP contribution >= 0.6 is 0 Å². The van der Waals surface area contributed by atoms with Crippen LogP contribution in [-0.4, -0.2) is 15.0 Å². The fourth-order valence-electron chi connectivity index (χ4n) is 8.28. The number of hydrogen-bond donors (Lipinski definition) is 0. The maximum Gasteiger partial charge on any atom is 0.160 e. The van der Waals surface area contributed by atoms with Crippen molar-refractivity contribution < 1.29 is 0 Å². The molecular formula is C50H35N3. The fourth-order valence-corrected chi connectivity index (χ4v) is 8.28. The maximum atomic E-state index is 5.36. The molecule has 9 aromatic rings. The van der Waals surface area contributed by atoms with Gasteiger partial charge in [0.1, 0.15) is 0 Å². The van der Waals surface area contributed by atoms with Gasteiger partial charge in [-0.1, -0.05) is 172 Å². The molecule has 7 aromatic carbocycles. The van der Waals surface area contributed by atoms with Crippen molar-refractivity contribution in [3.8, 4) is 67.4 Å². The molecular weight excluding hydrogens is 643 g/mol. The number of hydrogen-bond acceptors (Lipinski definition) is 3. The third kappa shape index (κ3) is 5.16. The third-order valence-electron chi connectivity index (χ3n) is 10.9. The Morgan fingerprint density at radius 1 is 0.396 bits per heavy atom. The second kappa shape index (κ2) is 12.2. The molecule has 0 fully saturated rings. The summed E-state index contributed by atoms with van der Waals surface area (Å²) in [5, 5.41) is 3.63. The van der Waals surface area contributed by atoms with Crippen molar-refractivity contribution in [1.29, 1.82) is 0 Å². The lowest BCUT2D eigenvalue weighted by Crippen LogP contribution is -2.15. The van der Waals surface area contributed by atoms with E-state index in [0.717, 1.165) is 50.2 Å². The van der Waals surface area contributed by atoms with Crippen molar-refractivity contribution in [3.63, 3.8) is 0 Å². The Kier molecular flexibility index (Phi) is 7.16. The first-order valence-electron chi connectivity index (χ1n) is 18.2. The van der Waals surface area contributed by atoms with E-state index in [1.54, 1.807) is 0 Å². The minimum Gasteiger partial charge on any atom is -0.247 e. The molecule has 0 bridgehead atoms. The summed E-state index contributed by atoms with van der Waals surface area (Å²) in [6.07, 6.45) is 0. The van der Waals surface area contributed by atoms with E-state index in [0.29, 0.717) is 5.82 Å². The summed E-state index contributed by atoms with van der Waals surface area (Å²) in [7, 11) is 0. The van der Waals surface area contributed by atoms with Crippen LogP contribution in [0.2, 0.25) is 0 Å². The Balaban J connectivity index is 1.14. The van der Waals surface area contributed by atoms with Crippen LogP contribution in [0, 0.1) is 0 Å². The zero-order valence-electron chi connectivity index (χ0n) is 29.6. The van der Waals surface area contributed by atoms with E-state index in [9.17, 15) is 0 Å². The normalized spacial score (nSPS) is 12.9. The van der Waals surface area contributed by atoms with E-state index in [4.69, 9.17) is 15.0 Å². The van der Waals surface area contributed by atoms with Gasteiger partial charge in [0, 0.05) is 38.4 Å². The van der Waals surface area contributed by atoms with Gasteiger partial charge in [-0.25, -0.2) is 15.0 Å². The summed E-state index contributed by atoms with van der Waals surface area (Å²) in [5.41, 5.74) is 15.4. The smallest absolute Gasteiger partial charge is 0.160 e. The highest BCUT2D eigenvalue weighted by atomic mass is 14.9. The fraction of sp³-hybridized carbons (Fsp3) is 0.0600. The van der Waals surface area contributed by atoms with Gasteiger partial charge in [0.2, 0.25) is 0 Å². The second-order valence-corrected chi connectivity index (χ2v) is 14.4. The molecule has 0 atom stereocenters. The molecule has 250 valence electrons. The van der Waals surface area contributed by atoms with Gasteiger partial charge in [-0.15, -0.1) is 0 Å². The highest BCUT2D eigenvalue weighted by Crippen LogP contribution is 2.53. The number of pyridine rings is 1. The molecule has 2 heterocycles. The summed E-state index contributed by atoms with van der Waals surface area (Å²) in [6, 6.07) is 62.2. The largest absolute Gasteiger partial charge is 0.247 e. The second-order valence-electron chi connectivity index (χ2n) is 14.4. The number of para-hydroxylation sites is 1. The molecule has 0 unspecified atom stereocenters. The summed E-state index contributed by atoms with van der Waals surface area (Å²) in [5.74, 6) is 0.697. The summed E-state index contributed by atoms with van der Waals surface area (Å²) >= 11 is 0. The van der Waals surface area contributed by atoms with Crippen molar-refractivity contribution in [2.45, 2.75) is 19.3 Å². The lowest BCUT2D eigenvalue weighted by atomic mass is 9.79. The zero-order chi connectivity index (χ0) is 35.5. The summed E-state index contributed by atoms with van der Waals surface area (Å²) < 4.78 is 0. The lowest BCUT2D eigenvalue weighted by Gasteiger charge is -2.24. The van der Waals surface area contributed by atoms with Gasteiger partial charge in [-0.05, 0) is 57.0 Å². The van der Waals surface area contributed by atoms with Crippen molar-refractivity contribution in [1.82, 2.24) is 15.0 Å². The Bertz CT molecular complexity index is 2840. The maximum absolute atomic E-state index is 5.36. The molecule has 0 saturated heterocycles. The van der Waals surface area contributed by atoms with E-state index in [1.165, 1.54) is 44.2 Å². The third-order valence-corrected chi connectivity index (χ3v) is 10.9. The Morgan fingerprint density at radius 2 is 1.00 bits per heavy atom. The molecule has 0 aliphatic heterocycles. The molecule has 0 saturated carbocycles. The van der Waals surface area contributed by atoms with Crippen LogP contribution in [0.3, 0.4) is 0 Å². The van der Waals surface area contributed by atoms with E-state index in [2.05, 4.69) is 166 Å². The molecule has 0 spiro atoms. The Hall–Kier alpha value is -6.71. The average Bonchev–Trinajstić information content (AvgIpc) is 3.47. The number of benzene rings is 7. The summed E-state index contributed by atoms with van der Waals surface area (Å²) in [4.78, 5) is 15.6. The predicted octanol–water partition coefficient (Wildman–Crippen LogP) is 12.8. The first kappa shape index (κ1) is 31.1. The quantitative estimate of drug-likeness (QED) is 0.170. The predicted molar refractivity (Wildman–Crippen MR) is 220 cm³/mol. The first-order chi connectivity index (χ1) is 26.0. The molecule has 0 N–H and O–H groups in total. The molecule has 53 heavy (non-hydrogen) atoms. The van der Waals surface area contributed by atoms with Gasteiger partial charge in [0.15, 0.2) is 5.82 Å². The molecule has 0 amide bonds. The molecule has 2 aromatic heterocycles. The lowest BCUT2D eigenvalue weighted by molar-refractivity contribution is 0.666. The average molecular weight is 678 g/mol. The Morgan fingerprint density at radius 3 is 1.79 bits per heavy atom. The highest BCUT2D eigenvalue weighted by Gasteiger charge is 2.37. The van der Waals surface area contributed by atoms with Crippen LogP contribution in [0.4, 0.5) is 0 Å². The van der Waals surface area contributed by atoms with Crippen LogP contribution in [0.15, 0.2) is 176 Å². The van der Waals surface area contributed by atoms with Gasteiger partial charge in [-0.2, -0.15) is 0 Å². The minimum atomic E-state index is -0.154. The van der Waals surface area contributed by atoms with Crippen molar-refractivity contribution in [2.75, 3.05) is 0 Å². The highest BCUT2D eigenvalue weighted by molar-refractivity contribution is 6.15. The van der Waals surface area contributed by atoms with Crippen LogP contribution in [-0.2, 0) is 5.41 Å².